The van der Waals surface area contributed by atoms with Crippen LogP contribution in [0.4, 0.5) is 5.69 Å². The summed E-state index contributed by atoms with van der Waals surface area (Å²) in [6, 6.07) is 11.8. The summed E-state index contributed by atoms with van der Waals surface area (Å²) in [4.78, 5) is 10.5. The minimum atomic E-state index is -1.17. The quantitative estimate of drug-likeness (QED) is 0.335. The number of benzene rings is 2. The van der Waals surface area contributed by atoms with Crippen LogP contribution in [0.5, 0.6) is 5.75 Å². The lowest BCUT2D eigenvalue weighted by molar-refractivity contribution is -0.114. The van der Waals surface area contributed by atoms with Crippen molar-refractivity contribution in [2.45, 2.75) is 4.84 Å². The second kappa shape index (κ2) is 8.88. The average molecular weight is 458 g/mol. The summed E-state index contributed by atoms with van der Waals surface area (Å²) < 4.78 is 10.8. The van der Waals surface area contributed by atoms with Gasteiger partial charge in [0.15, 0.2) is 10.6 Å². The molecule has 0 aliphatic heterocycles. The van der Waals surface area contributed by atoms with Crippen molar-refractivity contribution in [3.05, 3.63) is 65.4 Å². The molecule has 9 heteroatoms. The van der Waals surface area contributed by atoms with Crippen molar-refractivity contribution in [2.24, 2.45) is 0 Å². The van der Waals surface area contributed by atoms with E-state index in [0.29, 0.717) is 44.1 Å². The number of ether oxygens (including phenoxy) is 1. The van der Waals surface area contributed by atoms with Crippen LogP contribution in [-0.2, 0) is 4.79 Å². The molecule has 0 aliphatic carbocycles. The van der Waals surface area contributed by atoms with E-state index in [9.17, 15) is 4.79 Å². The molecule has 1 heterocycles. The number of hydrogen-bond acceptors (Lipinski definition) is 4. The average Bonchev–Trinajstić information content (AvgIpc) is 3.11. The highest BCUT2D eigenvalue weighted by molar-refractivity contribution is 6.54. The van der Waals surface area contributed by atoms with Gasteiger partial charge < -0.3 is 14.6 Å². The number of alkyl halides is 2. The van der Waals surface area contributed by atoms with Crippen molar-refractivity contribution in [1.82, 2.24) is 5.16 Å². The smallest absolute Gasteiger partial charge is 0.257 e. The van der Waals surface area contributed by atoms with Gasteiger partial charge in [0.1, 0.15) is 11.4 Å². The Morgan fingerprint density at radius 2 is 2.00 bits per heavy atom. The molecule has 0 bridgehead atoms. The molecular weight excluding hydrogens is 446 g/mol. The molecule has 1 aromatic heterocycles. The first-order chi connectivity index (χ1) is 13.4. The Balaban J connectivity index is 1.96. The monoisotopic (exact) mass is 456 g/mol. The van der Waals surface area contributed by atoms with E-state index in [1.54, 1.807) is 42.5 Å². The highest BCUT2D eigenvalue weighted by Gasteiger charge is 2.18. The number of amides is 1. The number of halogens is 4. The molecule has 5 nitrogen and oxygen atoms in total. The topological polar surface area (TPSA) is 64.4 Å². The number of nitrogens with one attached hydrogen (secondary N) is 1. The third-order valence-electron chi connectivity index (χ3n) is 3.61. The van der Waals surface area contributed by atoms with E-state index in [1.807, 2.05) is 0 Å². The van der Waals surface area contributed by atoms with Crippen molar-refractivity contribution in [1.29, 1.82) is 0 Å². The Kier molecular flexibility index (Phi) is 6.52. The summed E-state index contributed by atoms with van der Waals surface area (Å²) >= 11 is 23.5. The number of carbonyl (C=O) groups excluding carboxylic acids is 1. The van der Waals surface area contributed by atoms with E-state index < -0.39 is 10.7 Å². The molecule has 0 atom stereocenters. The summed E-state index contributed by atoms with van der Waals surface area (Å²) in [5.41, 5.74) is 2.14. The molecule has 3 rings (SSSR count). The van der Waals surface area contributed by atoms with Crippen molar-refractivity contribution < 1.29 is 14.1 Å². The number of carbonyl (C=O) groups is 1. The molecule has 0 saturated carbocycles. The largest absolute Gasteiger partial charge is 0.465 e. The van der Waals surface area contributed by atoms with Crippen LogP contribution in [-0.4, -0.2) is 15.9 Å². The third-order valence-corrected chi connectivity index (χ3v) is 4.52. The number of aromatic nitrogens is 1. The van der Waals surface area contributed by atoms with Gasteiger partial charge in [-0.2, -0.15) is 0 Å². The molecule has 0 spiro atoms. The van der Waals surface area contributed by atoms with E-state index in [1.165, 1.54) is 6.26 Å². The summed E-state index contributed by atoms with van der Waals surface area (Å²) in [6.45, 7) is 3.54. The standard InChI is InChI=1S/C19H12Cl4N2O3/c1-2-27-16-8-11(20)7-13(21)17(16)14-9-15(28-25-14)10-4-3-5-12(6-10)24-19(26)18(22)23/h2-9,18H,1H2,(H,24,26). The van der Waals surface area contributed by atoms with Gasteiger partial charge in [-0.1, -0.05) is 70.3 Å². The Morgan fingerprint density at radius 3 is 2.71 bits per heavy atom. The van der Waals surface area contributed by atoms with Gasteiger partial charge in [-0.3, -0.25) is 4.79 Å². The van der Waals surface area contributed by atoms with Crippen LogP contribution in [0.25, 0.3) is 22.6 Å². The predicted molar refractivity (Wildman–Crippen MR) is 112 cm³/mol. The lowest BCUT2D eigenvalue weighted by atomic mass is 10.1. The van der Waals surface area contributed by atoms with Gasteiger partial charge in [0.2, 0.25) is 0 Å². The van der Waals surface area contributed by atoms with Crippen LogP contribution in [0.3, 0.4) is 0 Å². The molecule has 144 valence electrons. The fraction of sp³-hybridized carbons (Fsp3) is 0.0526. The Labute approximate surface area is 180 Å². The van der Waals surface area contributed by atoms with Crippen molar-refractivity contribution >= 4 is 58.0 Å². The Bertz CT molecular complexity index is 1030. The minimum absolute atomic E-state index is 0.348. The van der Waals surface area contributed by atoms with Gasteiger partial charge in [-0.15, -0.1) is 0 Å². The summed E-state index contributed by atoms with van der Waals surface area (Å²) in [7, 11) is 0. The van der Waals surface area contributed by atoms with Gasteiger partial charge in [0.25, 0.3) is 5.91 Å². The van der Waals surface area contributed by atoms with Gasteiger partial charge in [-0.25, -0.2) is 0 Å². The van der Waals surface area contributed by atoms with Crippen LogP contribution < -0.4 is 10.1 Å². The molecule has 3 aromatic rings. The van der Waals surface area contributed by atoms with E-state index >= 15 is 0 Å². The maximum atomic E-state index is 11.7. The number of nitrogens with zero attached hydrogens (tertiary/aromatic N) is 1. The molecular formula is C19H12Cl4N2O3. The molecule has 28 heavy (non-hydrogen) atoms. The van der Waals surface area contributed by atoms with Crippen LogP contribution in [0.2, 0.25) is 10.0 Å². The molecule has 0 aliphatic rings. The van der Waals surface area contributed by atoms with Gasteiger partial charge in [0, 0.05) is 28.4 Å². The molecule has 0 radical (unpaired) electrons. The van der Waals surface area contributed by atoms with E-state index in [0.717, 1.165) is 0 Å². The second-order valence-electron chi connectivity index (χ2n) is 5.49. The van der Waals surface area contributed by atoms with Gasteiger partial charge in [0.05, 0.1) is 16.8 Å². The third kappa shape index (κ3) is 4.62. The maximum absolute atomic E-state index is 11.7. The molecule has 1 amide bonds. The first kappa shape index (κ1) is 20.6. The first-order valence-corrected chi connectivity index (χ1v) is 9.45. The van der Waals surface area contributed by atoms with Crippen LogP contribution in [0.1, 0.15) is 0 Å². The molecule has 1 N–H and O–H groups in total. The maximum Gasteiger partial charge on any atom is 0.257 e. The van der Waals surface area contributed by atoms with E-state index in [-0.39, 0.29) is 0 Å². The van der Waals surface area contributed by atoms with Gasteiger partial charge in [-0.05, 0) is 18.2 Å². The zero-order chi connectivity index (χ0) is 20.3. The molecule has 0 unspecified atom stereocenters. The van der Waals surface area contributed by atoms with E-state index in [4.69, 9.17) is 55.7 Å². The lowest BCUT2D eigenvalue weighted by Crippen LogP contribution is -2.18. The summed E-state index contributed by atoms with van der Waals surface area (Å²) in [5, 5.41) is 7.43. The number of rotatable bonds is 6. The van der Waals surface area contributed by atoms with Crippen molar-refractivity contribution in [3.8, 4) is 28.3 Å². The van der Waals surface area contributed by atoms with Crippen LogP contribution in [0.15, 0.2) is 59.8 Å². The van der Waals surface area contributed by atoms with Crippen LogP contribution in [0, 0.1) is 0 Å². The molecule has 0 saturated heterocycles. The van der Waals surface area contributed by atoms with Crippen LogP contribution >= 0.6 is 46.4 Å². The van der Waals surface area contributed by atoms with Gasteiger partial charge >= 0.3 is 0 Å². The summed E-state index contributed by atoms with van der Waals surface area (Å²) in [6.07, 6.45) is 1.26. The highest BCUT2D eigenvalue weighted by atomic mass is 35.5. The molecule has 2 aromatic carbocycles. The zero-order valence-electron chi connectivity index (χ0n) is 14.1. The van der Waals surface area contributed by atoms with Crippen molar-refractivity contribution in [3.63, 3.8) is 0 Å². The van der Waals surface area contributed by atoms with E-state index in [2.05, 4.69) is 17.1 Å². The normalized spacial score (nSPS) is 10.8. The highest BCUT2D eigenvalue weighted by Crippen LogP contribution is 2.40. The SMILES string of the molecule is C=COc1cc(Cl)cc(Cl)c1-c1cc(-c2cccc(NC(=O)C(Cl)Cl)c2)on1. The number of hydrogen-bond donors (Lipinski definition) is 1. The predicted octanol–water partition coefficient (Wildman–Crippen LogP) is 6.58. The lowest BCUT2D eigenvalue weighted by Gasteiger charge is -2.08. The number of anilines is 1. The Hall–Kier alpha value is -2.18. The zero-order valence-corrected chi connectivity index (χ0v) is 17.1. The van der Waals surface area contributed by atoms with Crippen molar-refractivity contribution in [2.75, 3.05) is 5.32 Å². The fourth-order valence-electron chi connectivity index (χ4n) is 2.46. The Morgan fingerprint density at radius 1 is 1.21 bits per heavy atom. The second-order valence-corrected chi connectivity index (χ2v) is 7.43. The first-order valence-electron chi connectivity index (χ1n) is 7.82. The molecule has 0 fully saturated rings. The fourth-order valence-corrected chi connectivity index (χ4v) is 3.14. The minimum Gasteiger partial charge on any atom is -0.465 e. The summed E-state index contributed by atoms with van der Waals surface area (Å²) in [5.74, 6) is 0.316.